The van der Waals surface area contributed by atoms with Crippen LogP contribution in [0.25, 0.3) is 0 Å². The Labute approximate surface area is 111 Å². The molecule has 0 fully saturated rings. The van der Waals surface area contributed by atoms with Crippen molar-refractivity contribution in [1.82, 2.24) is 0 Å². The zero-order valence-corrected chi connectivity index (χ0v) is 12.0. The largest absolute Gasteiger partial charge is 0.508 e. The molecule has 0 heterocycles. The molecule has 0 aliphatic carbocycles. The summed E-state index contributed by atoms with van der Waals surface area (Å²) >= 11 is 0. The van der Waals surface area contributed by atoms with Crippen molar-refractivity contribution in [2.24, 2.45) is 0 Å². The number of rotatable bonds is 8. The van der Waals surface area contributed by atoms with Crippen molar-refractivity contribution in [3.63, 3.8) is 0 Å². The highest BCUT2D eigenvalue weighted by atomic mass is 16.3. The first-order valence-electron chi connectivity index (χ1n) is 7.19. The van der Waals surface area contributed by atoms with E-state index in [4.69, 9.17) is 0 Å². The highest BCUT2D eigenvalue weighted by molar-refractivity contribution is 5.51. The van der Waals surface area contributed by atoms with Crippen LogP contribution in [-0.4, -0.2) is 11.1 Å². The number of aromatic hydroxyl groups is 1. The minimum absolute atomic E-state index is 0.371. The summed E-state index contributed by atoms with van der Waals surface area (Å²) in [5.74, 6) is 0.371. The fourth-order valence-electron chi connectivity index (χ4n) is 2.11. The molecule has 0 aliphatic heterocycles. The van der Waals surface area contributed by atoms with Gasteiger partial charge in [0.2, 0.25) is 0 Å². The van der Waals surface area contributed by atoms with Crippen LogP contribution < -0.4 is 5.32 Å². The van der Waals surface area contributed by atoms with Crippen molar-refractivity contribution in [2.75, 3.05) is 5.32 Å². The monoisotopic (exact) mass is 249 g/mol. The molecular formula is C16H27NO. The molecule has 0 spiro atoms. The third-order valence-electron chi connectivity index (χ3n) is 3.36. The summed E-state index contributed by atoms with van der Waals surface area (Å²) in [5.41, 5.74) is 1.94. The molecule has 0 aromatic heterocycles. The number of aryl methyl sites for hydroxylation is 1. The highest BCUT2D eigenvalue weighted by Crippen LogP contribution is 2.22. The van der Waals surface area contributed by atoms with Gasteiger partial charge < -0.3 is 10.4 Å². The minimum Gasteiger partial charge on any atom is -0.508 e. The second kappa shape index (κ2) is 8.02. The molecule has 1 aromatic carbocycles. The van der Waals surface area contributed by atoms with Crippen LogP contribution in [0.1, 0.15) is 57.9 Å². The van der Waals surface area contributed by atoms with E-state index >= 15 is 0 Å². The standard InChI is InChI=1S/C16H27NO/c1-4-5-6-7-8-9-14(3)17-15-11-10-13(2)16(18)12-15/h10-12,14,17-18H,4-9H2,1-3H3. The maximum atomic E-state index is 9.65. The Kier molecular flexibility index (Phi) is 6.63. The van der Waals surface area contributed by atoms with Gasteiger partial charge in [0.15, 0.2) is 0 Å². The molecule has 0 saturated carbocycles. The Balaban J connectivity index is 2.26. The van der Waals surface area contributed by atoms with E-state index in [0.717, 1.165) is 11.3 Å². The van der Waals surface area contributed by atoms with E-state index in [9.17, 15) is 5.11 Å². The smallest absolute Gasteiger partial charge is 0.120 e. The molecule has 2 N–H and O–H groups in total. The molecule has 0 amide bonds. The van der Waals surface area contributed by atoms with Gasteiger partial charge in [0, 0.05) is 17.8 Å². The molecule has 18 heavy (non-hydrogen) atoms. The van der Waals surface area contributed by atoms with Crippen LogP contribution in [0.3, 0.4) is 0 Å². The number of hydrogen-bond donors (Lipinski definition) is 2. The zero-order valence-electron chi connectivity index (χ0n) is 12.0. The first-order chi connectivity index (χ1) is 8.63. The molecule has 0 aliphatic rings. The number of phenols is 1. The molecule has 0 saturated heterocycles. The van der Waals surface area contributed by atoms with Crippen LogP contribution in [0.4, 0.5) is 5.69 Å². The summed E-state index contributed by atoms with van der Waals surface area (Å²) in [7, 11) is 0. The molecule has 2 heteroatoms. The molecule has 0 bridgehead atoms. The second-order valence-electron chi connectivity index (χ2n) is 5.25. The Morgan fingerprint density at radius 1 is 1.17 bits per heavy atom. The van der Waals surface area contributed by atoms with E-state index in [0.29, 0.717) is 11.8 Å². The summed E-state index contributed by atoms with van der Waals surface area (Å²) in [4.78, 5) is 0. The molecular weight excluding hydrogens is 222 g/mol. The average Bonchev–Trinajstić information content (AvgIpc) is 2.34. The maximum absolute atomic E-state index is 9.65. The number of hydrogen-bond acceptors (Lipinski definition) is 2. The van der Waals surface area contributed by atoms with Crippen molar-refractivity contribution in [1.29, 1.82) is 0 Å². The predicted octanol–water partition coefficient (Wildman–Crippen LogP) is 4.86. The third kappa shape index (κ3) is 5.44. The molecule has 2 nitrogen and oxygen atoms in total. The predicted molar refractivity (Wildman–Crippen MR) is 79.3 cm³/mol. The van der Waals surface area contributed by atoms with E-state index < -0.39 is 0 Å². The summed E-state index contributed by atoms with van der Waals surface area (Å²) in [6.07, 6.45) is 7.82. The highest BCUT2D eigenvalue weighted by Gasteiger charge is 2.03. The lowest BCUT2D eigenvalue weighted by Crippen LogP contribution is -2.14. The SMILES string of the molecule is CCCCCCCC(C)Nc1ccc(C)c(O)c1. The maximum Gasteiger partial charge on any atom is 0.120 e. The fraction of sp³-hybridized carbons (Fsp3) is 0.625. The molecule has 102 valence electrons. The van der Waals surface area contributed by atoms with Crippen LogP contribution in [-0.2, 0) is 0 Å². The molecule has 1 atom stereocenters. The summed E-state index contributed by atoms with van der Waals surface area (Å²) in [5, 5.41) is 13.1. The van der Waals surface area contributed by atoms with Gasteiger partial charge >= 0.3 is 0 Å². The van der Waals surface area contributed by atoms with Crippen LogP contribution in [0, 0.1) is 6.92 Å². The lowest BCUT2D eigenvalue weighted by Gasteiger charge is -2.15. The van der Waals surface area contributed by atoms with Gasteiger partial charge in [-0.2, -0.15) is 0 Å². The Morgan fingerprint density at radius 3 is 2.56 bits per heavy atom. The van der Waals surface area contributed by atoms with Crippen molar-refractivity contribution >= 4 is 5.69 Å². The molecule has 1 aromatic rings. The van der Waals surface area contributed by atoms with Gasteiger partial charge in [-0.05, 0) is 31.9 Å². The lowest BCUT2D eigenvalue weighted by atomic mass is 10.1. The number of benzene rings is 1. The van der Waals surface area contributed by atoms with Gasteiger partial charge in [-0.1, -0.05) is 45.1 Å². The fourth-order valence-corrected chi connectivity index (χ4v) is 2.11. The third-order valence-corrected chi connectivity index (χ3v) is 3.36. The van der Waals surface area contributed by atoms with E-state index in [1.165, 1.54) is 38.5 Å². The van der Waals surface area contributed by atoms with Gasteiger partial charge in [-0.15, -0.1) is 0 Å². The summed E-state index contributed by atoms with van der Waals surface area (Å²) in [6.45, 7) is 6.36. The quantitative estimate of drug-likeness (QED) is 0.645. The second-order valence-corrected chi connectivity index (χ2v) is 5.25. The van der Waals surface area contributed by atoms with E-state index in [1.54, 1.807) is 0 Å². The Bertz CT molecular complexity index is 349. The number of phenolic OH excluding ortho intramolecular Hbond substituents is 1. The van der Waals surface area contributed by atoms with Crippen molar-refractivity contribution in [3.05, 3.63) is 23.8 Å². The van der Waals surface area contributed by atoms with Gasteiger partial charge in [-0.25, -0.2) is 0 Å². The van der Waals surface area contributed by atoms with Crippen LogP contribution in [0.15, 0.2) is 18.2 Å². The van der Waals surface area contributed by atoms with Crippen molar-refractivity contribution in [3.8, 4) is 5.75 Å². The van der Waals surface area contributed by atoms with Gasteiger partial charge in [-0.3, -0.25) is 0 Å². The number of anilines is 1. The van der Waals surface area contributed by atoms with Gasteiger partial charge in [0.1, 0.15) is 5.75 Å². The Morgan fingerprint density at radius 2 is 1.89 bits per heavy atom. The first-order valence-corrected chi connectivity index (χ1v) is 7.19. The normalized spacial score (nSPS) is 12.4. The number of nitrogens with one attached hydrogen (secondary N) is 1. The van der Waals surface area contributed by atoms with Gasteiger partial charge in [0.05, 0.1) is 0 Å². The van der Waals surface area contributed by atoms with E-state index in [1.807, 2.05) is 25.1 Å². The lowest BCUT2D eigenvalue weighted by molar-refractivity contribution is 0.471. The summed E-state index contributed by atoms with van der Waals surface area (Å²) in [6, 6.07) is 6.26. The van der Waals surface area contributed by atoms with Crippen molar-refractivity contribution in [2.45, 2.75) is 65.3 Å². The van der Waals surface area contributed by atoms with Crippen LogP contribution in [0.2, 0.25) is 0 Å². The van der Waals surface area contributed by atoms with E-state index in [2.05, 4.69) is 19.2 Å². The zero-order chi connectivity index (χ0) is 13.4. The molecule has 1 unspecified atom stereocenters. The van der Waals surface area contributed by atoms with Crippen LogP contribution in [0.5, 0.6) is 5.75 Å². The molecule has 0 radical (unpaired) electrons. The molecule has 1 rings (SSSR count). The average molecular weight is 249 g/mol. The van der Waals surface area contributed by atoms with E-state index in [-0.39, 0.29) is 0 Å². The van der Waals surface area contributed by atoms with Crippen LogP contribution >= 0.6 is 0 Å². The summed E-state index contributed by atoms with van der Waals surface area (Å²) < 4.78 is 0. The first kappa shape index (κ1) is 14.9. The van der Waals surface area contributed by atoms with Crippen molar-refractivity contribution < 1.29 is 5.11 Å². The minimum atomic E-state index is 0.371. The Hall–Kier alpha value is -1.18. The van der Waals surface area contributed by atoms with Gasteiger partial charge in [0.25, 0.3) is 0 Å². The topological polar surface area (TPSA) is 32.3 Å². The number of unbranched alkanes of at least 4 members (excludes halogenated alkanes) is 4.